The summed E-state index contributed by atoms with van der Waals surface area (Å²) in [6.07, 6.45) is 0.625. The molecule has 0 saturated carbocycles. The summed E-state index contributed by atoms with van der Waals surface area (Å²) in [6, 6.07) is 9.89. The second kappa shape index (κ2) is 9.13. The highest BCUT2D eigenvalue weighted by molar-refractivity contribution is 6.15. The number of aliphatic hydroxyl groups excluding tert-OH is 1. The second-order valence-corrected chi connectivity index (χ2v) is 9.11. The lowest BCUT2D eigenvalue weighted by Gasteiger charge is -2.32. The van der Waals surface area contributed by atoms with Crippen molar-refractivity contribution in [2.75, 3.05) is 35.0 Å². The van der Waals surface area contributed by atoms with E-state index in [-0.39, 0.29) is 12.7 Å². The lowest BCUT2D eigenvalue weighted by atomic mass is 9.85. The highest BCUT2D eigenvalue weighted by Gasteiger charge is 2.51. The highest BCUT2D eigenvalue weighted by atomic mass is 16.8. The number of hydrogen-bond donors (Lipinski definition) is 1. The summed E-state index contributed by atoms with van der Waals surface area (Å²) in [6.45, 7) is 5.73. The lowest BCUT2D eigenvalue weighted by molar-refractivity contribution is -0.165. The summed E-state index contributed by atoms with van der Waals surface area (Å²) < 4.78 is 36.2. The topological polar surface area (TPSA) is 75.6 Å². The van der Waals surface area contributed by atoms with Gasteiger partial charge in [-0.3, -0.25) is 0 Å². The first kappa shape index (κ1) is 24.4. The van der Waals surface area contributed by atoms with Gasteiger partial charge >= 0.3 is 0 Å². The molecule has 34 heavy (non-hydrogen) atoms. The molecule has 0 amide bonds. The van der Waals surface area contributed by atoms with Gasteiger partial charge < -0.3 is 33.5 Å². The standard InChI is InChI=1S/C27H34O7/c1-16-27(12-13-28,34-26(2,3)33-16)15-17-14-20(29-4)21-22(23(17)30-5)25(32-7)19-11-9-8-10-18(19)24(21)31-6/h8-11,14,16,28H,12-13,15H2,1-7H3/t16-,27+/m0/s1. The molecule has 1 heterocycles. The zero-order chi connectivity index (χ0) is 24.7. The fourth-order valence-corrected chi connectivity index (χ4v) is 5.40. The van der Waals surface area contributed by atoms with Gasteiger partial charge in [0, 0.05) is 35.8 Å². The smallest absolute Gasteiger partial charge is 0.164 e. The van der Waals surface area contributed by atoms with Crippen molar-refractivity contribution in [2.45, 2.75) is 51.1 Å². The van der Waals surface area contributed by atoms with Crippen molar-refractivity contribution in [3.05, 3.63) is 35.9 Å². The third-order valence-corrected chi connectivity index (χ3v) is 6.70. The molecule has 1 N–H and O–H groups in total. The zero-order valence-electron chi connectivity index (χ0n) is 21.0. The monoisotopic (exact) mass is 470 g/mol. The maximum absolute atomic E-state index is 9.90. The minimum Gasteiger partial charge on any atom is -0.496 e. The van der Waals surface area contributed by atoms with E-state index in [0.29, 0.717) is 35.8 Å². The van der Waals surface area contributed by atoms with Gasteiger partial charge in [0.15, 0.2) is 5.79 Å². The van der Waals surface area contributed by atoms with E-state index in [2.05, 4.69) is 0 Å². The van der Waals surface area contributed by atoms with Gasteiger partial charge in [0.05, 0.1) is 45.3 Å². The molecule has 0 aliphatic carbocycles. The van der Waals surface area contributed by atoms with Crippen molar-refractivity contribution in [3.8, 4) is 23.0 Å². The summed E-state index contributed by atoms with van der Waals surface area (Å²) in [7, 11) is 6.58. The number of benzene rings is 3. The van der Waals surface area contributed by atoms with Crippen molar-refractivity contribution in [3.63, 3.8) is 0 Å². The van der Waals surface area contributed by atoms with E-state index >= 15 is 0 Å². The van der Waals surface area contributed by atoms with Gasteiger partial charge in [-0.05, 0) is 26.8 Å². The van der Waals surface area contributed by atoms with Crippen LogP contribution in [0, 0.1) is 0 Å². The van der Waals surface area contributed by atoms with Crippen molar-refractivity contribution in [2.24, 2.45) is 0 Å². The van der Waals surface area contributed by atoms with Gasteiger partial charge in [-0.2, -0.15) is 0 Å². The third kappa shape index (κ3) is 3.82. The van der Waals surface area contributed by atoms with Crippen LogP contribution in [0.3, 0.4) is 0 Å². The highest BCUT2D eigenvalue weighted by Crippen LogP contribution is 2.52. The van der Waals surface area contributed by atoms with E-state index < -0.39 is 11.4 Å². The minimum atomic E-state index is -0.764. The number of rotatable bonds is 8. The molecule has 0 unspecified atom stereocenters. The van der Waals surface area contributed by atoms with Crippen LogP contribution < -0.4 is 18.9 Å². The third-order valence-electron chi connectivity index (χ3n) is 6.70. The Bertz CT molecular complexity index is 1200. The first-order valence-electron chi connectivity index (χ1n) is 11.4. The largest absolute Gasteiger partial charge is 0.496 e. The normalized spacial score (nSPS) is 21.7. The van der Waals surface area contributed by atoms with Crippen LogP contribution in [0.15, 0.2) is 30.3 Å². The van der Waals surface area contributed by atoms with E-state index in [1.54, 1.807) is 28.4 Å². The molecule has 1 fully saturated rings. The first-order valence-corrected chi connectivity index (χ1v) is 11.4. The van der Waals surface area contributed by atoms with Gasteiger partial charge in [-0.15, -0.1) is 0 Å². The molecule has 3 aromatic rings. The summed E-state index contributed by atoms with van der Waals surface area (Å²) in [5.41, 5.74) is 0.127. The molecule has 7 nitrogen and oxygen atoms in total. The fourth-order valence-electron chi connectivity index (χ4n) is 5.40. The Hall–Kier alpha value is -2.74. The molecule has 1 aliphatic rings. The second-order valence-electron chi connectivity index (χ2n) is 9.11. The fraction of sp³-hybridized carbons (Fsp3) is 0.481. The molecule has 4 rings (SSSR count). The van der Waals surface area contributed by atoms with E-state index in [1.165, 1.54) is 0 Å². The van der Waals surface area contributed by atoms with Crippen molar-refractivity contribution in [1.29, 1.82) is 0 Å². The Morgan fingerprint density at radius 3 is 1.94 bits per heavy atom. The van der Waals surface area contributed by atoms with Crippen molar-refractivity contribution in [1.82, 2.24) is 0 Å². The Morgan fingerprint density at radius 2 is 1.47 bits per heavy atom. The maximum atomic E-state index is 9.90. The molecular formula is C27H34O7. The number of ether oxygens (including phenoxy) is 6. The maximum Gasteiger partial charge on any atom is 0.164 e. The number of hydrogen-bond acceptors (Lipinski definition) is 7. The minimum absolute atomic E-state index is 0.0292. The summed E-state index contributed by atoms with van der Waals surface area (Å²) in [5.74, 6) is 1.88. The molecule has 184 valence electrons. The summed E-state index contributed by atoms with van der Waals surface area (Å²) >= 11 is 0. The Balaban J connectivity index is 2.06. The van der Waals surface area contributed by atoms with Crippen LogP contribution in [0.5, 0.6) is 23.0 Å². The van der Waals surface area contributed by atoms with Gasteiger partial charge in [-0.1, -0.05) is 24.3 Å². The molecule has 1 aliphatic heterocycles. The van der Waals surface area contributed by atoms with Crippen LogP contribution in [0.2, 0.25) is 0 Å². The number of methoxy groups -OCH3 is 4. The molecule has 2 atom stereocenters. The van der Waals surface area contributed by atoms with E-state index in [9.17, 15) is 5.11 Å². The predicted octanol–water partition coefficient (Wildman–Crippen LogP) is 4.86. The molecule has 0 bridgehead atoms. The average Bonchev–Trinajstić information content (AvgIpc) is 3.04. The van der Waals surface area contributed by atoms with Gasteiger partial charge in [0.2, 0.25) is 0 Å². The van der Waals surface area contributed by atoms with Gasteiger partial charge in [0.25, 0.3) is 0 Å². The van der Waals surface area contributed by atoms with Gasteiger partial charge in [0.1, 0.15) is 28.6 Å². The average molecular weight is 471 g/mol. The summed E-state index contributed by atoms with van der Waals surface area (Å²) in [5, 5.41) is 13.3. The van der Waals surface area contributed by atoms with Crippen LogP contribution in [0.4, 0.5) is 0 Å². The predicted molar refractivity (Wildman–Crippen MR) is 132 cm³/mol. The van der Waals surface area contributed by atoms with E-state index in [4.69, 9.17) is 28.4 Å². The first-order chi connectivity index (χ1) is 16.3. The SMILES string of the molecule is COc1cc(C[C@@]2(CCO)OC(C)(C)O[C@H]2C)c(OC)c2c(OC)c3ccccc3c(OC)c12. The number of fused-ring (bicyclic) bond motifs is 2. The molecule has 3 aromatic carbocycles. The van der Waals surface area contributed by atoms with Crippen molar-refractivity contribution >= 4 is 21.5 Å². The van der Waals surface area contributed by atoms with E-state index in [1.807, 2.05) is 51.1 Å². The van der Waals surface area contributed by atoms with Gasteiger partial charge in [-0.25, -0.2) is 0 Å². The van der Waals surface area contributed by atoms with Crippen LogP contribution in [0.25, 0.3) is 21.5 Å². The summed E-state index contributed by atoms with van der Waals surface area (Å²) in [4.78, 5) is 0. The van der Waals surface area contributed by atoms with Crippen LogP contribution >= 0.6 is 0 Å². The molecule has 7 heteroatoms. The quantitative estimate of drug-likeness (QED) is 0.471. The molecular weight excluding hydrogens is 436 g/mol. The molecule has 0 aromatic heterocycles. The molecule has 1 saturated heterocycles. The van der Waals surface area contributed by atoms with Crippen molar-refractivity contribution < 1.29 is 33.5 Å². The van der Waals surface area contributed by atoms with E-state index in [0.717, 1.165) is 27.1 Å². The Morgan fingerprint density at radius 1 is 0.882 bits per heavy atom. The van der Waals surface area contributed by atoms with Crippen LogP contribution in [-0.2, 0) is 15.9 Å². The zero-order valence-corrected chi connectivity index (χ0v) is 21.0. The Kier molecular flexibility index (Phi) is 6.55. The molecule has 0 spiro atoms. The lowest BCUT2D eigenvalue weighted by Crippen LogP contribution is -2.42. The Labute approximate surface area is 200 Å². The van der Waals surface area contributed by atoms with Crippen LogP contribution in [-0.4, -0.2) is 57.6 Å². The number of aliphatic hydroxyl groups is 1. The molecule has 0 radical (unpaired) electrons. The van der Waals surface area contributed by atoms with Crippen LogP contribution in [0.1, 0.15) is 32.8 Å².